The topological polar surface area (TPSA) is 23.8 Å². The van der Waals surface area contributed by atoms with E-state index in [1.54, 1.807) is 0 Å². The summed E-state index contributed by atoms with van der Waals surface area (Å²) in [6.45, 7) is 4.98. The van der Waals surface area contributed by atoms with Gasteiger partial charge in [0.1, 0.15) is 0 Å². The smallest absolute Gasteiger partial charge is 0.0707 e. The molecule has 0 N–H and O–H groups in total. The second-order valence-electron chi connectivity index (χ2n) is 5.64. The van der Waals surface area contributed by atoms with Crippen LogP contribution in [0.1, 0.15) is 11.3 Å². The molecule has 1 fully saturated rings. The van der Waals surface area contributed by atoms with E-state index in [0.717, 1.165) is 43.4 Å². The van der Waals surface area contributed by atoms with Gasteiger partial charge in [0, 0.05) is 51.0 Å². The zero-order valence-electron chi connectivity index (χ0n) is 12.8. The molecule has 116 valence electrons. The molecule has 0 aliphatic carbocycles. The summed E-state index contributed by atoms with van der Waals surface area (Å²) in [6.07, 6.45) is 3.97. The first kappa shape index (κ1) is 15.1. The van der Waals surface area contributed by atoms with E-state index >= 15 is 0 Å². The van der Waals surface area contributed by atoms with Crippen LogP contribution in [-0.2, 0) is 13.6 Å². The molecule has 0 saturated carbocycles. The molecule has 0 atom stereocenters. The molecular weight excluding hydrogens is 296 g/mol. The Morgan fingerprint density at radius 1 is 1.09 bits per heavy atom. The summed E-state index contributed by atoms with van der Waals surface area (Å²) in [7, 11) is 2.03. The summed E-state index contributed by atoms with van der Waals surface area (Å²) in [5.74, 6) is 0. The monoisotopic (exact) mass is 316 g/mol. The average molecular weight is 317 g/mol. The largest absolute Gasteiger partial charge is 0.350 e. The fourth-order valence-corrected chi connectivity index (χ4v) is 2.73. The highest BCUT2D eigenvalue weighted by Crippen LogP contribution is 2.13. The molecule has 0 bridgehead atoms. The standard InChI is InChI=1S/C17H21ClN4/c1-20-8-2-3-17(20)13-19-22-11-9-21(10-12-22)14-15-4-6-16(18)7-5-15/h2-8,13H,9-12,14H2,1H3. The van der Waals surface area contributed by atoms with Crippen LogP contribution in [0.3, 0.4) is 0 Å². The Labute approximate surface area is 136 Å². The highest BCUT2D eigenvalue weighted by molar-refractivity contribution is 6.30. The van der Waals surface area contributed by atoms with Crippen molar-refractivity contribution in [2.24, 2.45) is 12.1 Å². The highest BCUT2D eigenvalue weighted by Gasteiger charge is 2.15. The molecule has 0 amide bonds. The molecule has 2 heterocycles. The summed E-state index contributed by atoms with van der Waals surface area (Å²) >= 11 is 5.92. The number of aromatic nitrogens is 1. The van der Waals surface area contributed by atoms with Crippen molar-refractivity contribution in [1.82, 2.24) is 14.5 Å². The molecule has 1 aliphatic rings. The third-order valence-electron chi connectivity index (χ3n) is 4.01. The second kappa shape index (κ2) is 6.99. The quantitative estimate of drug-likeness (QED) is 0.810. The second-order valence-corrected chi connectivity index (χ2v) is 6.08. The Morgan fingerprint density at radius 2 is 1.82 bits per heavy atom. The zero-order valence-corrected chi connectivity index (χ0v) is 13.6. The van der Waals surface area contributed by atoms with Crippen LogP contribution in [0, 0.1) is 0 Å². The third-order valence-corrected chi connectivity index (χ3v) is 4.26. The van der Waals surface area contributed by atoms with Gasteiger partial charge in [-0.1, -0.05) is 23.7 Å². The molecule has 3 rings (SSSR count). The van der Waals surface area contributed by atoms with E-state index in [1.807, 2.05) is 37.7 Å². The summed E-state index contributed by atoms with van der Waals surface area (Å²) < 4.78 is 2.07. The average Bonchev–Trinajstić information content (AvgIpc) is 2.94. The van der Waals surface area contributed by atoms with Gasteiger partial charge in [0.25, 0.3) is 0 Å². The van der Waals surface area contributed by atoms with E-state index in [-0.39, 0.29) is 0 Å². The van der Waals surface area contributed by atoms with E-state index in [0.29, 0.717) is 0 Å². The number of aryl methyl sites for hydroxylation is 1. The number of halogens is 1. The molecule has 1 aliphatic heterocycles. The van der Waals surface area contributed by atoms with Gasteiger partial charge in [0.05, 0.1) is 11.9 Å². The maximum atomic E-state index is 5.92. The Balaban J connectivity index is 1.49. The third kappa shape index (κ3) is 3.90. The van der Waals surface area contributed by atoms with Gasteiger partial charge < -0.3 is 4.57 Å². The number of hydrogen-bond acceptors (Lipinski definition) is 3. The fourth-order valence-electron chi connectivity index (χ4n) is 2.61. The molecule has 0 spiro atoms. The summed E-state index contributed by atoms with van der Waals surface area (Å²) in [5, 5.41) is 7.52. The van der Waals surface area contributed by atoms with E-state index in [9.17, 15) is 0 Å². The number of piperazine rings is 1. The highest BCUT2D eigenvalue weighted by atomic mass is 35.5. The first-order chi connectivity index (χ1) is 10.7. The van der Waals surface area contributed by atoms with E-state index < -0.39 is 0 Å². The zero-order chi connectivity index (χ0) is 15.4. The van der Waals surface area contributed by atoms with Crippen LogP contribution < -0.4 is 0 Å². The van der Waals surface area contributed by atoms with Crippen molar-refractivity contribution in [3.63, 3.8) is 0 Å². The SMILES string of the molecule is Cn1cccc1C=NN1CCN(Cc2ccc(Cl)cc2)CC1. The van der Waals surface area contributed by atoms with Crippen molar-refractivity contribution in [1.29, 1.82) is 0 Å². The van der Waals surface area contributed by atoms with Crippen LogP contribution >= 0.6 is 11.6 Å². The maximum Gasteiger partial charge on any atom is 0.0707 e. The van der Waals surface area contributed by atoms with Gasteiger partial charge in [-0.2, -0.15) is 5.10 Å². The molecule has 1 saturated heterocycles. The van der Waals surface area contributed by atoms with Crippen molar-refractivity contribution in [3.05, 3.63) is 58.9 Å². The molecule has 0 unspecified atom stereocenters. The molecule has 22 heavy (non-hydrogen) atoms. The van der Waals surface area contributed by atoms with Crippen LogP contribution in [0.15, 0.2) is 47.7 Å². The van der Waals surface area contributed by atoms with Crippen molar-refractivity contribution >= 4 is 17.8 Å². The van der Waals surface area contributed by atoms with Gasteiger partial charge >= 0.3 is 0 Å². The Morgan fingerprint density at radius 3 is 2.45 bits per heavy atom. The first-order valence-electron chi connectivity index (χ1n) is 7.58. The Hall–Kier alpha value is -1.78. The van der Waals surface area contributed by atoms with Crippen LogP contribution in [0.4, 0.5) is 0 Å². The van der Waals surface area contributed by atoms with Gasteiger partial charge in [0.15, 0.2) is 0 Å². The fraction of sp³-hybridized carbons (Fsp3) is 0.353. The minimum Gasteiger partial charge on any atom is -0.350 e. The van der Waals surface area contributed by atoms with Crippen molar-refractivity contribution in [2.75, 3.05) is 26.2 Å². The Bertz CT molecular complexity index is 624. The van der Waals surface area contributed by atoms with Gasteiger partial charge in [-0.25, -0.2) is 0 Å². The minimum absolute atomic E-state index is 0.795. The van der Waals surface area contributed by atoms with Crippen molar-refractivity contribution in [3.8, 4) is 0 Å². The number of benzene rings is 1. The number of rotatable bonds is 4. The van der Waals surface area contributed by atoms with Gasteiger partial charge in [-0.3, -0.25) is 9.91 Å². The van der Waals surface area contributed by atoms with Crippen molar-refractivity contribution < 1.29 is 0 Å². The lowest BCUT2D eigenvalue weighted by Gasteiger charge is -2.33. The van der Waals surface area contributed by atoms with Gasteiger partial charge in [-0.05, 0) is 29.8 Å². The molecular formula is C17H21ClN4. The van der Waals surface area contributed by atoms with Crippen molar-refractivity contribution in [2.45, 2.75) is 6.54 Å². The Kier molecular flexibility index (Phi) is 4.80. The van der Waals surface area contributed by atoms with Gasteiger partial charge in [0.2, 0.25) is 0 Å². The molecule has 2 aromatic rings. The lowest BCUT2D eigenvalue weighted by molar-refractivity contribution is 0.131. The first-order valence-corrected chi connectivity index (χ1v) is 7.95. The molecule has 4 nitrogen and oxygen atoms in total. The van der Waals surface area contributed by atoms with Crippen LogP contribution in [0.25, 0.3) is 0 Å². The maximum absolute atomic E-state index is 5.92. The molecule has 1 aromatic carbocycles. The number of hydrogen-bond donors (Lipinski definition) is 0. The number of hydrazone groups is 1. The number of nitrogens with zero attached hydrogens (tertiary/aromatic N) is 4. The molecule has 1 aromatic heterocycles. The summed E-state index contributed by atoms with van der Waals surface area (Å²) in [4.78, 5) is 2.46. The van der Waals surface area contributed by atoms with Gasteiger partial charge in [-0.15, -0.1) is 0 Å². The van der Waals surface area contributed by atoms with Crippen LogP contribution in [0.2, 0.25) is 5.02 Å². The summed E-state index contributed by atoms with van der Waals surface area (Å²) in [5.41, 5.74) is 2.44. The lowest BCUT2D eigenvalue weighted by atomic mass is 10.2. The molecule has 0 radical (unpaired) electrons. The van der Waals surface area contributed by atoms with Crippen LogP contribution in [0.5, 0.6) is 0 Å². The summed E-state index contributed by atoms with van der Waals surface area (Å²) in [6, 6.07) is 12.2. The van der Waals surface area contributed by atoms with Crippen LogP contribution in [-0.4, -0.2) is 46.9 Å². The van der Waals surface area contributed by atoms with E-state index in [2.05, 4.69) is 37.8 Å². The lowest BCUT2D eigenvalue weighted by Crippen LogP contribution is -2.43. The predicted octanol–water partition coefficient (Wildman–Crippen LogP) is 2.83. The van der Waals surface area contributed by atoms with E-state index in [1.165, 1.54) is 5.56 Å². The molecule has 5 heteroatoms. The minimum atomic E-state index is 0.795. The normalized spacial score (nSPS) is 16.5. The van der Waals surface area contributed by atoms with E-state index in [4.69, 9.17) is 11.6 Å². The predicted molar refractivity (Wildman–Crippen MR) is 91.3 cm³/mol.